The third kappa shape index (κ3) is 16.9. The van der Waals surface area contributed by atoms with Crippen LogP contribution in [-0.2, 0) is 9.53 Å². The van der Waals surface area contributed by atoms with Crippen LogP contribution >= 0.6 is 0 Å². The van der Waals surface area contributed by atoms with Gasteiger partial charge in [-0.1, -0.05) is 35.9 Å². The highest BCUT2D eigenvalue weighted by molar-refractivity contribution is 5.95. The molecule has 0 aliphatic heterocycles. The maximum absolute atomic E-state index is 12.8. The van der Waals surface area contributed by atoms with Gasteiger partial charge in [0.2, 0.25) is 0 Å². The van der Waals surface area contributed by atoms with Crippen LogP contribution in [0.4, 0.5) is 0 Å². The van der Waals surface area contributed by atoms with E-state index in [1.165, 1.54) is 0 Å². The molecule has 1 aromatic carbocycles. The van der Waals surface area contributed by atoms with Gasteiger partial charge in [-0.05, 0) is 69.6 Å². The van der Waals surface area contributed by atoms with Crippen molar-refractivity contribution >= 4 is 11.9 Å². The van der Waals surface area contributed by atoms with Gasteiger partial charge in [0, 0.05) is 41.1 Å². The molecule has 0 spiro atoms. The number of hydrogen-bond acceptors (Lipinski definition) is 7. The maximum Gasteiger partial charge on any atom is 0.308 e. The molecule has 0 aliphatic rings. The summed E-state index contributed by atoms with van der Waals surface area (Å²) in [6.45, 7) is 7.50. The summed E-state index contributed by atoms with van der Waals surface area (Å²) in [5, 5.41) is 9.81. The van der Waals surface area contributed by atoms with Crippen LogP contribution in [0.25, 0.3) is 20.9 Å². The van der Waals surface area contributed by atoms with E-state index < -0.39 is 5.60 Å². The van der Waals surface area contributed by atoms with Gasteiger partial charge >= 0.3 is 5.97 Å². The molecule has 0 saturated carbocycles. The first-order valence-corrected chi connectivity index (χ1v) is 13.2. The molecule has 0 fully saturated rings. The molecule has 0 heterocycles. The van der Waals surface area contributed by atoms with Gasteiger partial charge < -0.3 is 19.5 Å². The molecular formula is C26H41N7O5. The molecule has 0 aliphatic carbocycles. The summed E-state index contributed by atoms with van der Waals surface area (Å²) in [5.41, 5.74) is 16.4. The van der Waals surface area contributed by atoms with E-state index in [0.717, 1.165) is 51.4 Å². The molecule has 12 nitrogen and oxygen atoms in total. The maximum atomic E-state index is 12.8. The summed E-state index contributed by atoms with van der Waals surface area (Å²) in [6, 6.07) is 5.08. The van der Waals surface area contributed by atoms with Gasteiger partial charge in [0.1, 0.15) is 17.1 Å². The Balaban J connectivity index is 2.64. The Morgan fingerprint density at radius 2 is 1.32 bits per heavy atom. The molecule has 0 bridgehead atoms. The van der Waals surface area contributed by atoms with Gasteiger partial charge in [0.15, 0.2) is 0 Å². The van der Waals surface area contributed by atoms with Crippen molar-refractivity contribution in [3.63, 3.8) is 0 Å². The van der Waals surface area contributed by atoms with Gasteiger partial charge in [0.25, 0.3) is 5.91 Å². The zero-order valence-corrected chi connectivity index (χ0v) is 22.9. The van der Waals surface area contributed by atoms with Crippen LogP contribution in [0.1, 0.15) is 88.9 Å². The van der Waals surface area contributed by atoms with Gasteiger partial charge in [-0.3, -0.25) is 9.59 Å². The van der Waals surface area contributed by atoms with E-state index in [1.54, 1.807) is 39.0 Å². The summed E-state index contributed by atoms with van der Waals surface area (Å²) in [6.07, 6.45) is 7.17. The molecule has 1 N–H and O–H groups in total. The molecule has 210 valence electrons. The topological polar surface area (TPSA) is 171 Å². The highest BCUT2D eigenvalue weighted by Gasteiger charge is 2.17. The lowest BCUT2D eigenvalue weighted by atomic mass is 10.1. The van der Waals surface area contributed by atoms with Crippen molar-refractivity contribution in [3.05, 3.63) is 44.6 Å². The molecule has 38 heavy (non-hydrogen) atoms. The number of amides is 1. The normalized spacial score (nSPS) is 10.6. The van der Waals surface area contributed by atoms with Gasteiger partial charge in [-0.25, -0.2) is 0 Å². The van der Waals surface area contributed by atoms with Crippen LogP contribution < -0.4 is 14.8 Å². The molecule has 0 aromatic heterocycles. The Morgan fingerprint density at radius 3 is 1.79 bits per heavy atom. The molecule has 0 radical (unpaired) electrons. The predicted octanol–water partition coefficient (Wildman–Crippen LogP) is 6.65. The number of rotatable bonds is 20. The molecule has 0 unspecified atom stereocenters. The quantitative estimate of drug-likeness (QED) is 0.0651. The smallest absolute Gasteiger partial charge is 0.308 e. The zero-order valence-electron chi connectivity index (χ0n) is 22.9. The van der Waals surface area contributed by atoms with Crippen LogP contribution in [0.15, 0.2) is 28.4 Å². The molecule has 0 saturated heterocycles. The average Bonchev–Trinajstić information content (AvgIpc) is 2.86. The lowest BCUT2D eigenvalue weighted by Gasteiger charge is -2.19. The zero-order chi connectivity index (χ0) is 28.1. The summed E-state index contributed by atoms with van der Waals surface area (Å²) in [4.78, 5) is 30.2. The van der Waals surface area contributed by atoms with E-state index in [-0.39, 0.29) is 24.8 Å². The molecule has 1 amide bonds. The number of nitrogens with zero attached hydrogens (tertiary/aromatic N) is 6. The fourth-order valence-electron chi connectivity index (χ4n) is 3.39. The minimum absolute atomic E-state index is 0.0713. The fraction of sp³-hybridized carbons (Fsp3) is 0.692. The van der Waals surface area contributed by atoms with Crippen LogP contribution in [0, 0.1) is 0 Å². The van der Waals surface area contributed by atoms with Crippen molar-refractivity contribution in [1.29, 1.82) is 0 Å². The summed E-state index contributed by atoms with van der Waals surface area (Å²) in [5.74, 6) is 0.351. The van der Waals surface area contributed by atoms with E-state index in [4.69, 9.17) is 25.3 Å². The predicted molar refractivity (Wildman–Crippen MR) is 145 cm³/mol. The minimum Gasteiger partial charge on any atom is -0.493 e. The van der Waals surface area contributed by atoms with E-state index >= 15 is 0 Å². The minimum atomic E-state index is -0.575. The number of carbonyl (C=O) groups excluding carboxylic acids is 2. The van der Waals surface area contributed by atoms with Crippen LogP contribution in [0.3, 0.4) is 0 Å². The number of ether oxygens (including phenoxy) is 3. The van der Waals surface area contributed by atoms with Crippen molar-refractivity contribution in [2.24, 2.45) is 10.2 Å². The second-order valence-electron chi connectivity index (χ2n) is 9.72. The van der Waals surface area contributed by atoms with E-state index in [1.807, 2.05) is 0 Å². The summed E-state index contributed by atoms with van der Waals surface area (Å²) < 4.78 is 17.1. The second-order valence-corrected chi connectivity index (χ2v) is 9.72. The van der Waals surface area contributed by atoms with Crippen LogP contribution in [-0.4, -0.2) is 50.3 Å². The average molecular weight is 532 g/mol. The van der Waals surface area contributed by atoms with Gasteiger partial charge in [0.05, 0.1) is 19.6 Å². The van der Waals surface area contributed by atoms with E-state index in [0.29, 0.717) is 43.4 Å². The number of unbranched alkanes of at least 4 members (excludes halogenated alkanes) is 6. The Kier molecular flexibility index (Phi) is 16.6. The van der Waals surface area contributed by atoms with Gasteiger partial charge in [-0.15, -0.1) is 0 Å². The SMILES string of the molecule is CC(C)(C)OC(=O)CCNC(=O)c1cc(OCCCCCCN=[N+]=[N-])cc(OCCCCCCN=[N+]=[N-])c1. The van der Waals surface area contributed by atoms with Crippen molar-refractivity contribution in [2.75, 3.05) is 32.8 Å². The summed E-state index contributed by atoms with van der Waals surface area (Å²) >= 11 is 0. The highest BCUT2D eigenvalue weighted by atomic mass is 16.6. The largest absolute Gasteiger partial charge is 0.493 e. The Labute approximate surface area is 224 Å². The van der Waals surface area contributed by atoms with Gasteiger partial charge in [-0.2, -0.15) is 0 Å². The monoisotopic (exact) mass is 531 g/mol. The number of esters is 1. The van der Waals surface area contributed by atoms with Crippen molar-refractivity contribution < 1.29 is 23.8 Å². The number of hydrogen-bond donors (Lipinski definition) is 1. The number of carbonyl (C=O) groups is 2. The van der Waals surface area contributed by atoms with Crippen LogP contribution in [0.5, 0.6) is 11.5 Å². The molecule has 12 heteroatoms. The molecule has 1 rings (SSSR count). The third-order valence-corrected chi connectivity index (χ3v) is 5.15. The fourth-order valence-corrected chi connectivity index (χ4v) is 3.39. The number of benzene rings is 1. The Morgan fingerprint density at radius 1 is 0.816 bits per heavy atom. The first kappa shape index (κ1) is 32.4. The first-order chi connectivity index (χ1) is 18.2. The van der Waals surface area contributed by atoms with E-state index in [9.17, 15) is 9.59 Å². The van der Waals surface area contributed by atoms with Crippen molar-refractivity contribution in [1.82, 2.24) is 5.32 Å². The van der Waals surface area contributed by atoms with E-state index in [2.05, 4.69) is 25.4 Å². The Bertz CT molecular complexity index is 902. The third-order valence-electron chi connectivity index (χ3n) is 5.15. The lowest BCUT2D eigenvalue weighted by molar-refractivity contribution is -0.154. The lowest BCUT2D eigenvalue weighted by Crippen LogP contribution is -2.29. The summed E-state index contributed by atoms with van der Waals surface area (Å²) in [7, 11) is 0. The molecule has 1 aromatic rings. The highest BCUT2D eigenvalue weighted by Crippen LogP contribution is 2.24. The second kappa shape index (κ2) is 19.5. The standard InChI is InChI=1S/C26H41N7O5/c1-26(2,3)38-24(34)12-15-29-25(35)21-18-22(36-16-10-6-4-8-13-30-32-27)20-23(19-21)37-17-11-7-5-9-14-31-33-28/h18-20H,4-17H2,1-3H3,(H,29,35). The molecular weight excluding hydrogens is 490 g/mol. The number of azide groups is 2. The van der Waals surface area contributed by atoms with Crippen molar-refractivity contribution in [3.8, 4) is 11.5 Å². The number of nitrogens with one attached hydrogen (secondary N) is 1. The molecule has 0 atom stereocenters. The van der Waals surface area contributed by atoms with Crippen LogP contribution in [0.2, 0.25) is 0 Å². The Hall–Kier alpha value is -3.62. The van der Waals surface area contributed by atoms with Crippen molar-refractivity contribution in [2.45, 2.75) is 84.2 Å². The first-order valence-electron chi connectivity index (χ1n) is 13.2.